The summed E-state index contributed by atoms with van der Waals surface area (Å²) in [5.74, 6) is 0.757. The summed E-state index contributed by atoms with van der Waals surface area (Å²) in [4.78, 5) is 0. The van der Waals surface area contributed by atoms with E-state index in [9.17, 15) is 8.42 Å². The van der Waals surface area contributed by atoms with Crippen LogP contribution in [0.5, 0.6) is 5.75 Å². The summed E-state index contributed by atoms with van der Waals surface area (Å²) in [5.41, 5.74) is 1.76. The predicted octanol–water partition coefficient (Wildman–Crippen LogP) is 0.864. The molecule has 1 heterocycles. The highest BCUT2D eigenvalue weighted by molar-refractivity contribution is 7.90. The fourth-order valence-electron chi connectivity index (χ4n) is 1.91. The highest BCUT2D eigenvalue weighted by Gasteiger charge is 2.31. The zero-order valence-corrected chi connectivity index (χ0v) is 11.0. The first-order valence-corrected chi connectivity index (χ1v) is 6.73. The van der Waals surface area contributed by atoms with Gasteiger partial charge in [0.1, 0.15) is 5.75 Å². The van der Waals surface area contributed by atoms with Gasteiger partial charge in [0, 0.05) is 20.6 Å². The van der Waals surface area contributed by atoms with Crippen molar-refractivity contribution in [1.82, 2.24) is 4.31 Å². The van der Waals surface area contributed by atoms with E-state index in [1.807, 2.05) is 6.07 Å². The Morgan fingerprint density at radius 3 is 2.65 bits per heavy atom. The topological polar surface area (TPSA) is 49.9 Å². The van der Waals surface area contributed by atoms with Crippen LogP contribution in [0.2, 0.25) is 0 Å². The second-order valence-electron chi connectivity index (χ2n) is 4.11. The zero-order valence-electron chi connectivity index (χ0n) is 10.2. The molecule has 0 radical (unpaired) electrons. The number of benzene rings is 1. The van der Waals surface area contributed by atoms with E-state index in [0.29, 0.717) is 6.54 Å². The van der Waals surface area contributed by atoms with Gasteiger partial charge in [-0.05, 0) is 30.2 Å². The van der Waals surface area contributed by atoms with Crippen molar-refractivity contribution in [3.8, 4) is 5.75 Å². The Kier molecular flexibility index (Phi) is 3.01. The first-order valence-electron chi connectivity index (χ1n) is 5.34. The fourth-order valence-corrected chi connectivity index (χ4v) is 3.05. The molecule has 1 aromatic rings. The van der Waals surface area contributed by atoms with E-state index in [4.69, 9.17) is 4.74 Å². The van der Waals surface area contributed by atoms with E-state index >= 15 is 0 Å². The average molecular weight is 256 g/mol. The summed E-state index contributed by atoms with van der Waals surface area (Å²) < 4.78 is 31.9. The van der Waals surface area contributed by atoms with Gasteiger partial charge in [0.2, 0.25) is 0 Å². The van der Waals surface area contributed by atoms with E-state index in [0.717, 1.165) is 23.4 Å². The summed E-state index contributed by atoms with van der Waals surface area (Å²) in [6.07, 6.45) is 0.722. The lowest BCUT2D eigenvalue weighted by molar-refractivity contribution is 0.414. The van der Waals surface area contributed by atoms with E-state index in [2.05, 4.69) is 0 Å². The second-order valence-corrected chi connectivity index (χ2v) is 6.17. The molecule has 1 aliphatic heterocycles. The molecule has 0 saturated heterocycles. The molecule has 0 atom stereocenters. The van der Waals surface area contributed by atoms with Crippen molar-refractivity contribution in [1.29, 1.82) is 0 Å². The molecule has 2 rings (SSSR count). The maximum absolute atomic E-state index is 12.1. The third-order valence-corrected chi connectivity index (χ3v) is 4.74. The quantitative estimate of drug-likeness (QED) is 0.806. The van der Waals surface area contributed by atoms with E-state index in [-0.39, 0.29) is 0 Å². The SMILES string of the molecule is COc1ccc2c(c1)CCN2S(=O)(=O)N(C)C. The van der Waals surface area contributed by atoms with E-state index in [1.54, 1.807) is 19.2 Å². The molecular formula is C11H16N2O3S. The number of rotatable bonds is 3. The number of methoxy groups -OCH3 is 1. The molecule has 1 aliphatic rings. The molecular weight excluding hydrogens is 240 g/mol. The maximum Gasteiger partial charge on any atom is 0.303 e. The minimum atomic E-state index is -3.38. The first kappa shape index (κ1) is 12.2. The highest BCUT2D eigenvalue weighted by Crippen LogP contribution is 2.33. The minimum absolute atomic E-state index is 0.489. The molecule has 0 fully saturated rings. The Balaban J connectivity index is 2.42. The zero-order chi connectivity index (χ0) is 12.6. The molecule has 5 nitrogen and oxygen atoms in total. The summed E-state index contributed by atoms with van der Waals surface area (Å²) in [6.45, 7) is 0.489. The summed E-state index contributed by atoms with van der Waals surface area (Å²) in [7, 11) is 1.30. The van der Waals surface area contributed by atoms with Crippen molar-refractivity contribution in [2.75, 3.05) is 32.1 Å². The van der Waals surface area contributed by atoms with Crippen molar-refractivity contribution in [2.45, 2.75) is 6.42 Å². The van der Waals surface area contributed by atoms with Gasteiger partial charge in [-0.15, -0.1) is 0 Å². The van der Waals surface area contributed by atoms with Gasteiger partial charge in [0.25, 0.3) is 0 Å². The second kappa shape index (κ2) is 4.19. The van der Waals surface area contributed by atoms with Crippen LogP contribution in [0.3, 0.4) is 0 Å². The Morgan fingerprint density at radius 1 is 1.35 bits per heavy atom. The third-order valence-electron chi connectivity index (χ3n) is 2.88. The van der Waals surface area contributed by atoms with Crippen molar-refractivity contribution < 1.29 is 13.2 Å². The maximum atomic E-state index is 12.1. The van der Waals surface area contributed by atoms with Crippen LogP contribution in [0.4, 0.5) is 5.69 Å². The molecule has 0 N–H and O–H groups in total. The van der Waals surface area contributed by atoms with Gasteiger partial charge in [0.15, 0.2) is 0 Å². The van der Waals surface area contributed by atoms with Crippen LogP contribution >= 0.6 is 0 Å². The van der Waals surface area contributed by atoms with E-state index < -0.39 is 10.2 Å². The number of anilines is 1. The van der Waals surface area contributed by atoms with Crippen LogP contribution in [0, 0.1) is 0 Å². The lowest BCUT2D eigenvalue weighted by atomic mass is 10.1. The van der Waals surface area contributed by atoms with Crippen LogP contribution in [-0.4, -0.2) is 40.5 Å². The summed E-state index contributed by atoms with van der Waals surface area (Å²) in [6, 6.07) is 5.46. The largest absolute Gasteiger partial charge is 0.497 e. The Morgan fingerprint density at radius 2 is 2.06 bits per heavy atom. The van der Waals surface area contributed by atoms with Gasteiger partial charge >= 0.3 is 10.2 Å². The minimum Gasteiger partial charge on any atom is -0.497 e. The normalized spacial score (nSPS) is 15.2. The van der Waals surface area contributed by atoms with Crippen LogP contribution in [0.25, 0.3) is 0 Å². The number of hydrogen-bond donors (Lipinski definition) is 0. The van der Waals surface area contributed by atoms with Gasteiger partial charge < -0.3 is 4.74 Å². The Bertz CT molecular complexity index is 526. The van der Waals surface area contributed by atoms with Gasteiger partial charge in [-0.1, -0.05) is 0 Å². The molecule has 0 saturated carbocycles. The predicted molar refractivity (Wildman–Crippen MR) is 66.7 cm³/mol. The molecule has 1 aromatic carbocycles. The third kappa shape index (κ3) is 1.98. The highest BCUT2D eigenvalue weighted by atomic mass is 32.2. The van der Waals surface area contributed by atoms with Crippen molar-refractivity contribution >= 4 is 15.9 Å². The molecule has 94 valence electrons. The molecule has 6 heteroatoms. The fraction of sp³-hybridized carbons (Fsp3) is 0.455. The smallest absolute Gasteiger partial charge is 0.303 e. The molecule has 0 aliphatic carbocycles. The van der Waals surface area contributed by atoms with Crippen molar-refractivity contribution in [3.05, 3.63) is 23.8 Å². The lowest BCUT2D eigenvalue weighted by Gasteiger charge is -2.23. The monoisotopic (exact) mass is 256 g/mol. The number of nitrogens with zero attached hydrogens (tertiary/aromatic N) is 2. The number of ether oxygens (including phenoxy) is 1. The van der Waals surface area contributed by atoms with Crippen LogP contribution < -0.4 is 9.04 Å². The van der Waals surface area contributed by atoms with Crippen LogP contribution in [0.15, 0.2) is 18.2 Å². The van der Waals surface area contributed by atoms with Crippen molar-refractivity contribution in [2.24, 2.45) is 0 Å². The van der Waals surface area contributed by atoms with Crippen LogP contribution in [0.1, 0.15) is 5.56 Å². The van der Waals surface area contributed by atoms with Gasteiger partial charge in [0.05, 0.1) is 12.8 Å². The summed E-state index contributed by atoms with van der Waals surface area (Å²) in [5, 5.41) is 0. The van der Waals surface area contributed by atoms with Crippen molar-refractivity contribution in [3.63, 3.8) is 0 Å². The standard InChI is InChI=1S/C11H16N2O3S/c1-12(2)17(14,15)13-7-6-9-8-10(16-3)4-5-11(9)13/h4-5,8H,6-7H2,1-3H3. The first-order chi connectivity index (χ1) is 7.96. The van der Waals surface area contributed by atoms with Gasteiger partial charge in [-0.2, -0.15) is 12.7 Å². The van der Waals surface area contributed by atoms with Gasteiger partial charge in [-0.25, -0.2) is 0 Å². The van der Waals surface area contributed by atoms with Crippen LogP contribution in [-0.2, 0) is 16.6 Å². The molecule has 0 amide bonds. The molecule has 0 bridgehead atoms. The Hall–Kier alpha value is -1.27. The van der Waals surface area contributed by atoms with Gasteiger partial charge in [-0.3, -0.25) is 4.31 Å². The number of fused-ring (bicyclic) bond motifs is 1. The molecule has 0 spiro atoms. The molecule has 0 aromatic heterocycles. The molecule has 0 unspecified atom stereocenters. The van der Waals surface area contributed by atoms with E-state index in [1.165, 1.54) is 22.7 Å². The average Bonchev–Trinajstić information content (AvgIpc) is 2.71. The lowest BCUT2D eigenvalue weighted by Crippen LogP contribution is -2.38. The summed E-state index contributed by atoms with van der Waals surface area (Å²) >= 11 is 0. The number of hydrogen-bond acceptors (Lipinski definition) is 3. The Labute approximate surface area is 102 Å². The molecule has 17 heavy (non-hydrogen) atoms.